The number of ether oxygens (including phenoxy) is 1. The average Bonchev–Trinajstić information content (AvgIpc) is 2.94. The molecule has 0 aromatic heterocycles. The standard InChI is InChI=1S/C18H36N2O2/c1-6-10-15(7-2)20-16(14-11-8-9-12-14)13-19-17(21)22-18(3,4)5/h14-16,20H,6-13H2,1-5H3,(H,19,21). The maximum absolute atomic E-state index is 11.9. The summed E-state index contributed by atoms with van der Waals surface area (Å²) in [6, 6.07) is 0.919. The second kappa shape index (κ2) is 9.39. The molecular formula is C18H36N2O2. The molecule has 1 fully saturated rings. The number of nitrogens with one attached hydrogen (secondary N) is 2. The highest BCUT2D eigenvalue weighted by molar-refractivity contribution is 5.67. The van der Waals surface area contributed by atoms with Gasteiger partial charge in [0.25, 0.3) is 0 Å². The maximum Gasteiger partial charge on any atom is 0.407 e. The minimum absolute atomic E-state index is 0.305. The van der Waals surface area contributed by atoms with Gasteiger partial charge >= 0.3 is 6.09 Å². The molecule has 0 heterocycles. The van der Waals surface area contributed by atoms with E-state index < -0.39 is 5.60 Å². The van der Waals surface area contributed by atoms with Crippen molar-refractivity contribution in [3.8, 4) is 0 Å². The Morgan fingerprint density at radius 1 is 1.23 bits per heavy atom. The summed E-state index contributed by atoms with van der Waals surface area (Å²) in [6.45, 7) is 10.8. The van der Waals surface area contributed by atoms with Crippen LogP contribution in [0.5, 0.6) is 0 Å². The van der Waals surface area contributed by atoms with Crippen molar-refractivity contribution < 1.29 is 9.53 Å². The first-order valence-corrected chi connectivity index (χ1v) is 9.08. The highest BCUT2D eigenvalue weighted by Gasteiger charge is 2.27. The molecule has 130 valence electrons. The van der Waals surface area contributed by atoms with Crippen molar-refractivity contribution in [1.29, 1.82) is 0 Å². The van der Waals surface area contributed by atoms with E-state index in [0.717, 1.165) is 6.42 Å². The van der Waals surface area contributed by atoms with Crippen molar-refractivity contribution in [3.05, 3.63) is 0 Å². The first-order chi connectivity index (χ1) is 10.4. The summed E-state index contributed by atoms with van der Waals surface area (Å²) in [5.74, 6) is 0.681. The number of carbonyl (C=O) groups excluding carboxylic acids is 1. The number of hydrogen-bond donors (Lipinski definition) is 2. The van der Waals surface area contributed by atoms with Gasteiger partial charge in [-0.15, -0.1) is 0 Å². The van der Waals surface area contributed by atoms with Gasteiger partial charge < -0.3 is 15.4 Å². The molecule has 0 bridgehead atoms. The Kier molecular flexibility index (Phi) is 8.23. The van der Waals surface area contributed by atoms with E-state index in [1.165, 1.54) is 38.5 Å². The van der Waals surface area contributed by atoms with Crippen LogP contribution in [0.25, 0.3) is 0 Å². The molecule has 0 aliphatic heterocycles. The van der Waals surface area contributed by atoms with Gasteiger partial charge in [-0.3, -0.25) is 0 Å². The molecule has 0 spiro atoms. The SMILES string of the molecule is CCCC(CC)NC(CNC(=O)OC(C)(C)C)C1CCCC1. The lowest BCUT2D eigenvalue weighted by Gasteiger charge is -2.30. The Hall–Kier alpha value is -0.770. The third-order valence-electron chi connectivity index (χ3n) is 4.41. The van der Waals surface area contributed by atoms with Gasteiger partial charge in [0.2, 0.25) is 0 Å². The zero-order valence-corrected chi connectivity index (χ0v) is 15.2. The topological polar surface area (TPSA) is 50.4 Å². The minimum Gasteiger partial charge on any atom is -0.444 e. The Labute approximate surface area is 136 Å². The van der Waals surface area contributed by atoms with Crippen molar-refractivity contribution in [1.82, 2.24) is 10.6 Å². The quantitative estimate of drug-likeness (QED) is 0.705. The fourth-order valence-electron chi connectivity index (χ4n) is 3.29. The number of alkyl carbamates (subject to hydrolysis) is 1. The summed E-state index contributed by atoms with van der Waals surface area (Å²) in [6.07, 6.45) is 8.42. The van der Waals surface area contributed by atoms with Crippen LogP contribution in [0, 0.1) is 5.92 Å². The molecule has 2 atom stereocenters. The van der Waals surface area contributed by atoms with E-state index in [2.05, 4.69) is 24.5 Å². The zero-order valence-electron chi connectivity index (χ0n) is 15.2. The molecule has 4 nitrogen and oxygen atoms in total. The number of carbonyl (C=O) groups is 1. The number of hydrogen-bond acceptors (Lipinski definition) is 3. The first kappa shape index (κ1) is 19.3. The fraction of sp³-hybridized carbons (Fsp3) is 0.944. The van der Waals surface area contributed by atoms with Crippen LogP contribution < -0.4 is 10.6 Å². The summed E-state index contributed by atoms with van der Waals surface area (Å²) in [5, 5.41) is 6.76. The van der Waals surface area contributed by atoms with Crippen LogP contribution in [-0.4, -0.2) is 30.3 Å². The molecule has 0 saturated heterocycles. The Morgan fingerprint density at radius 2 is 1.86 bits per heavy atom. The molecule has 1 saturated carbocycles. The molecular weight excluding hydrogens is 276 g/mol. The van der Waals surface area contributed by atoms with Crippen LogP contribution in [0.4, 0.5) is 4.79 Å². The van der Waals surface area contributed by atoms with Crippen molar-refractivity contribution in [2.24, 2.45) is 5.92 Å². The number of amides is 1. The zero-order chi connectivity index (χ0) is 16.6. The van der Waals surface area contributed by atoms with Crippen LogP contribution in [0.2, 0.25) is 0 Å². The van der Waals surface area contributed by atoms with Crippen LogP contribution in [0.15, 0.2) is 0 Å². The summed E-state index contributed by atoms with van der Waals surface area (Å²) >= 11 is 0. The maximum atomic E-state index is 11.9. The van der Waals surface area contributed by atoms with E-state index in [9.17, 15) is 4.79 Å². The first-order valence-electron chi connectivity index (χ1n) is 9.08. The highest BCUT2D eigenvalue weighted by atomic mass is 16.6. The van der Waals surface area contributed by atoms with Gasteiger partial charge in [0.15, 0.2) is 0 Å². The molecule has 1 aliphatic rings. The van der Waals surface area contributed by atoms with Gasteiger partial charge in [0.05, 0.1) is 0 Å². The predicted octanol–water partition coefficient (Wildman–Crippen LogP) is 4.24. The summed E-state index contributed by atoms with van der Waals surface area (Å²) in [7, 11) is 0. The van der Waals surface area contributed by atoms with Gasteiger partial charge in [-0.2, -0.15) is 0 Å². The second-order valence-electron chi connectivity index (χ2n) is 7.59. The summed E-state index contributed by atoms with van der Waals surface area (Å²) < 4.78 is 5.35. The summed E-state index contributed by atoms with van der Waals surface area (Å²) in [4.78, 5) is 11.9. The van der Waals surface area contributed by atoms with Gasteiger partial charge in [-0.25, -0.2) is 4.79 Å². The van der Waals surface area contributed by atoms with Gasteiger partial charge in [0, 0.05) is 18.6 Å². The van der Waals surface area contributed by atoms with Crippen molar-refractivity contribution in [2.45, 2.75) is 97.2 Å². The Balaban J connectivity index is 2.52. The molecule has 2 unspecified atom stereocenters. The van der Waals surface area contributed by atoms with E-state index in [0.29, 0.717) is 24.5 Å². The second-order valence-corrected chi connectivity index (χ2v) is 7.59. The van der Waals surface area contributed by atoms with Crippen LogP contribution >= 0.6 is 0 Å². The Morgan fingerprint density at radius 3 is 2.36 bits per heavy atom. The average molecular weight is 312 g/mol. The molecule has 22 heavy (non-hydrogen) atoms. The smallest absolute Gasteiger partial charge is 0.407 e. The van der Waals surface area contributed by atoms with Gasteiger partial charge in [-0.1, -0.05) is 33.1 Å². The van der Waals surface area contributed by atoms with Gasteiger partial charge in [-0.05, 0) is 52.4 Å². The van der Waals surface area contributed by atoms with E-state index in [1.807, 2.05) is 20.8 Å². The molecule has 0 radical (unpaired) electrons. The lowest BCUT2D eigenvalue weighted by Crippen LogP contribution is -2.49. The highest BCUT2D eigenvalue weighted by Crippen LogP contribution is 2.28. The normalized spacial score (nSPS) is 19.0. The van der Waals surface area contributed by atoms with Crippen molar-refractivity contribution in [3.63, 3.8) is 0 Å². The van der Waals surface area contributed by atoms with E-state index in [4.69, 9.17) is 4.74 Å². The third kappa shape index (κ3) is 7.48. The van der Waals surface area contributed by atoms with Crippen molar-refractivity contribution >= 4 is 6.09 Å². The van der Waals surface area contributed by atoms with Crippen LogP contribution in [0.3, 0.4) is 0 Å². The van der Waals surface area contributed by atoms with Crippen LogP contribution in [-0.2, 0) is 4.74 Å². The van der Waals surface area contributed by atoms with Crippen LogP contribution in [0.1, 0.15) is 79.6 Å². The molecule has 0 aromatic rings. The lowest BCUT2D eigenvalue weighted by atomic mass is 9.96. The molecule has 0 aromatic carbocycles. The molecule has 1 amide bonds. The van der Waals surface area contributed by atoms with Gasteiger partial charge in [0.1, 0.15) is 5.60 Å². The summed E-state index contributed by atoms with van der Waals surface area (Å²) in [5.41, 5.74) is -0.436. The van der Waals surface area contributed by atoms with E-state index in [1.54, 1.807) is 0 Å². The monoisotopic (exact) mass is 312 g/mol. The van der Waals surface area contributed by atoms with E-state index >= 15 is 0 Å². The molecule has 1 rings (SSSR count). The molecule has 4 heteroatoms. The minimum atomic E-state index is -0.436. The number of rotatable bonds is 8. The molecule has 2 N–H and O–H groups in total. The third-order valence-corrected chi connectivity index (χ3v) is 4.41. The fourth-order valence-corrected chi connectivity index (χ4v) is 3.29. The van der Waals surface area contributed by atoms with Crippen molar-refractivity contribution in [2.75, 3.05) is 6.54 Å². The molecule has 1 aliphatic carbocycles. The lowest BCUT2D eigenvalue weighted by molar-refractivity contribution is 0.0516. The predicted molar refractivity (Wildman–Crippen MR) is 92.1 cm³/mol. The van der Waals surface area contributed by atoms with E-state index in [-0.39, 0.29) is 6.09 Å². The Bertz CT molecular complexity index is 320. The largest absolute Gasteiger partial charge is 0.444 e.